The zero-order valence-electron chi connectivity index (χ0n) is 8.33. The summed E-state index contributed by atoms with van der Waals surface area (Å²) in [6.45, 7) is 0. The molecule has 14 heavy (non-hydrogen) atoms. The van der Waals surface area contributed by atoms with Crippen LogP contribution in [0.25, 0.3) is 0 Å². The van der Waals surface area contributed by atoms with Crippen molar-refractivity contribution in [1.29, 1.82) is 0 Å². The predicted molar refractivity (Wildman–Crippen MR) is 54.9 cm³/mol. The Kier molecular flexibility index (Phi) is 2.55. The molecule has 0 aromatic heterocycles. The van der Waals surface area contributed by atoms with Crippen molar-refractivity contribution >= 4 is 5.78 Å². The highest BCUT2D eigenvalue weighted by molar-refractivity contribution is 5.92. The van der Waals surface area contributed by atoms with Crippen LogP contribution in [0.15, 0.2) is 23.8 Å². The Hall–Kier alpha value is -0.890. The van der Waals surface area contributed by atoms with Gasteiger partial charge in [0.25, 0.3) is 0 Å². The molecule has 0 bridgehead atoms. The third-order valence-electron chi connectivity index (χ3n) is 3.19. The summed E-state index contributed by atoms with van der Waals surface area (Å²) in [6, 6.07) is 0. The SMILES string of the molecule is O=C1C=CC(C2(O)CCCCC2)=CC1. The minimum absolute atomic E-state index is 0.133. The van der Waals surface area contributed by atoms with Crippen LogP contribution in [0, 0.1) is 0 Å². The van der Waals surface area contributed by atoms with Crippen molar-refractivity contribution in [1.82, 2.24) is 0 Å². The first-order valence-corrected chi connectivity index (χ1v) is 5.35. The van der Waals surface area contributed by atoms with Crippen LogP contribution in [0.4, 0.5) is 0 Å². The van der Waals surface area contributed by atoms with Crippen LogP contribution < -0.4 is 0 Å². The number of aliphatic hydroxyl groups is 1. The number of ketones is 1. The molecule has 0 radical (unpaired) electrons. The van der Waals surface area contributed by atoms with Crippen molar-refractivity contribution in [3.63, 3.8) is 0 Å². The largest absolute Gasteiger partial charge is 0.385 e. The normalized spacial score (nSPS) is 26.1. The Balaban J connectivity index is 2.14. The van der Waals surface area contributed by atoms with Crippen LogP contribution in [0.2, 0.25) is 0 Å². The molecule has 0 aromatic rings. The van der Waals surface area contributed by atoms with Crippen LogP contribution in [0.3, 0.4) is 0 Å². The smallest absolute Gasteiger partial charge is 0.159 e. The van der Waals surface area contributed by atoms with Gasteiger partial charge < -0.3 is 5.11 Å². The summed E-state index contributed by atoms with van der Waals surface area (Å²) < 4.78 is 0. The molecule has 0 heterocycles. The van der Waals surface area contributed by atoms with Crippen molar-refractivity contribution in [3.05, 3.63) is 23.8 Å². The van der Waals surface area contributed by atoms with Gasteiger partial charge in [-0.3, -0.25) is 4.79 Å². The van der Waals surface area contributed by atoms with Gasteiger partial charge in [0.05, 0.1) is 5.60 Å². The molecule has 0 aliphatic heterocycles. The molecule has 0 amide bonds. The highest BCUT2D eigenvalue weighted by Gasteiger charge is 2.32. The second-order valence-electron chi connectivity index (χ2n) is 4.26. The Morgan fingerprint density at radius 3 is 2.43 bits per heavy atom. The van der Waals surface area contributed by atoms with Crippen molar-refractivity contribution in [2.45, 2.75) is 44.1 Å². The number of allylic oxidation sites excluding steroid dienone is 2. The molecule has 2 aliphatic rings. The van der Waals surface area contributed by atoms with Crippen LogP contribution in [0.1, 0.15) is 38.5 Å². The lowest BCUT2D eigenvalue weighted by Crippen LogP contribution is -2.33. The third-order valence-corrected chi connectivity index (χ3v) is 3.19. The Labute approximate surface area is 84.3 Å². The number of carbonyl (C=O) groups excluding carboxylic acids is 1. The molecule has 0 spiro atoms. The number of hydrogen-bond acceptors (Lipinski definition) is 2. The van der Waals surface area contributed by atoms with Gasteiger partial charge in [0.1, 0.15) is 0 Å². The highest BCUT2D eigenvalue weighted by atomic mass is 16.3. The average molecular weight is 192 g/mol. The first-order valence-electron chi connectivity index (χ1n) is 5.35. The summed E-state index contributed by atoms with van der Waals surface area (Å²) in [5.41, 5.74) is 0.312. The Morgan fingerprint density at radius 2 is 1.86 bits per heavy atom. The standard InChI is InChI=1S/C12H16O2/c13-11-6-4-10(5-7-11)12(14)8-2-1-3-9-12/h4-6,14H,1-3,7-9H2. The molecule has 1 N–H and O–H groups in total. The van der Waals surface area contributed by atoms with E-state index in [2.05, 4.69) is 0 Å². The van der Waals surface area contributed by atoms with E-state index in [9.17, 15) is 9.90 Å². The van der Waals surface area contributed by atoms with E-state index in [1.54, 1.807) is 12.2 Å². The van der Waals surface area contributed by atoms with Gasteiger partial charge in [0.15, 0.2) is 5.78 Å². The van der Waals surface area contributed by atoms with E-state index in [0.29, 0.717) is 6.42 Å². The number of rotatable bonds is 1. The van der Waals surface area contributed by atoms with Crippen molar-refractivity contribution in [2.24, 2.45) is 0 Å². The zero-order valence-corrected chi connectivity index (χ0v) is 8.33. The quantitative estimate of drug-likeness (QED) is 0.691. The molecule has 1 fully saturated rings. The van der Waals surface area contributed by atoms with E-state index in [0.717, 1.165) is 31.3 Å². The van der Waals surface area contributed by atoms with Gasteiger partial charge in [-0.15, -0.1) is 0 Å². The minimum Gasteiger partial charge on any atom is -0.385 e. The van der Waals surface area contributed by atoms with Crippen LogP contribution in [-0.2, 0) is 4.79 Å². The molecule has 1 saturated carbocycles. The van der Waals surface area contributed by atoms with Crippen LogP contribution >= 0.6 is 0 Å². The van der Waals surface area contributed by atoms with E-state index < -0.39 is 5.60 Å². The molecule has 0 aromatic carbocycles. The molecule has 2 rings (SSSR count). The lowest BCUT2D eigenvalue weighted by molar-refractivity contribution is -0.114. The van der Waals surface area contributed by atoms with Gasteiger partial charge in [-0.1, -0.05) is 31.4 Å². The maximum atomic E-state index is 11.0. The molecule has 2 nitrogen and oxygen atoms in total. The van der Waals surface area contributed by atoms with Gasteiger partial charge in [-0.05, 0) is 24.5 Å². The first kappa shape index (κ1) is 9.66. The first-order chi connectivity index (χ1) is 6.71. The third kappa shape index (κ3) is 1.80. The molecule has 0 atom stereocenters. The fourth-order valence-electron chi connectivity index (χ4n) is 2.30. The summed E-state index contributed by atoms with van der Waals surface area (Å²) in [6.07, 6.45) is 10.8. The second kappa shape index (κ2) is 3.70. The van der Waals surface area contributed by atoms with E-state index >= 15 is 0 Å². The van der Waals surface area contributed by atoms with E-state index in [1.807, 2.05) is 6.08 Å². The second-order valence-corrected chi connectivity index (χ2v) is 4.26. The topological polar surface area (TPSA) is 37.3 Å². The Morgan fingerprint density at radius 1 is 1.14 bits per heavy atom. The maximum Gasteiger partial charge on any atom is 0.159 e. The Bertz CT molecular complexity index is 293. The molecule has 0 saturated heterocycles. The minimum atomic E-state index is -0.643. The van der Waals surface area contributed by atoms with Gasteiger partial charge >= 0.3 is 0 Å². The van der Waals surface area contributed by atoms with Crippen molar-refractivity contribution in [3.8, 4) is 0 Å². The average Bonchev–Trinajstić information content (AvgIpc) is 2.19. The van der Waals surface area contributed by atoms with Crippen LogP contribution in [-0.4, -0.2) is 16.5 Å². The van der Waals surface area contributed by atoms with Gasteiger partial charge in [-0.2, -0.15) is 0 Å². The van der Waals surface area contributed by atoms with Gasteiger partial charge in [0, 0.05) is 6.42 Å². The fraction of sp³-hybridized carbons (Fsp3) is 0.583. The van der Waals surface area contributed by atoms with E-state index in [1.165, 1.54) is 6.42 Å². The summed E-state index contributed by atoms with van der Waals surface area (Å²) in [4.78, 5) is 11.0. The molecule has 76 valence electrons. The lowest BCUT2D eigenvalue weighted by Gasteiger charge is -2.34. The zero-order chi connectivity index (χ0) is 10.0. The van der Waals surface area contributed by atoms with Crippen molar-refractivity contribution in [2.75, 3.05) is 0 Å². The van der Waals surface area contributed by atoms with E-state index in [4.69, 9.17) is 0 Å². The predicted octanol–water partition coefficient (Wildman–Crippen LogP) is 2.14. The molecule has 2 heteroatoms. The molecular weight excluding hydrogens is 176 g/mol. The summed E-state index contributed by atoms with van der Waals surface area (Å²) in [5.74, 6) is 0.133. The van der Waals surface area contributed by atoms with Gasteiger partial charge in [-0.25, -0.2) is 0 Å². The monoisotopic (exact) mass is 192 g/mol. The van der Waals surface area contributed by atoms with Crippen LogP contribution in [0.5, 0.6) is 0 Å². The lowest BCUT2D eigenvalue weighted by atomic mass is 9.78. The summed E-state index contributed by atoms with van der Waals surface area (Å²) in [7, 11) is 0. The highest BCUT2D eigenvalue weighted by Crippen LogP contribution is 2.35. The van der Waals surface area contributed by atoms with Gasteiger partial charge in [0.2, 0.25) is 0 Å². The summed E-state index contributed by atoms with van der Waals surface area (Å²) >= 11 is 0. The molecule has 2 aliphatic carbocycles. The maximum absolute atomic E-state index is 11.0. The molecular formula is C12H16O2. The number of hydrogen-bond donors (Lipinski definition) is 1. The molecule has 0 unspecified atom stereocenters. The fourth-order valence-corrected chi connectivity index (χ4v) is 2.30. The summed E-state index contributed by atoms with van der Waals surface area (Å²) in [5, 5.41) is 10.4. The van der Waals surface area contributed by atoms with Crippen molar-refractivity contribution < 1.29 is 9.90 Å². The van der Waals surface area contributed by atoms with E-state index in [-0.39, 0.29) is 5.78 Å². The number of carbonyl (C=O) groups is 1.